The average molecular weight is 515 g/mol. The number of ether oxygens (including phenoxy) is 1. The molecule has 0 unspecified atom stereocenters. The van der Waals surface area contributed by atoms with Crippen LogP contribution in [0.1, 0.15) is 61.9 Å². The number of fused-ring (bicyclic) bond motifs is 1. The van der Waals surface area contributed by atoms with Gasteiger partial charge in [-0.05, 0) is 49.9 Å². The summed E-state index contributed by atoms with van der Waals surface area (Å²) in [7, 11) is 1.55. The number of nitrogens with one attached hydrogen (secondary N) is 3. The molecule has 0 saturated heterocycles. The number of methoxy groups -OCH3 is 1. The number of ketones is 1. The fraction of sp³-hybridized carbons (Fsp3) is 0.556. The Hall–Kier alpha value is -3.24. The molecule has 2 amide bonds. The van der Waals surface area contributed by atoms with Crippen molar-refractivity contribution in [2.45, 2.75) is 63.5 Å². The Bertz CT molecular complexity index is 1080. The number of H-pyrrole nitrogens is 1. The lowest BCUT2D eigenvalue weighted by atomic mass is 9.84. The molecule has 0 spiro atoms. The van der Waals surface area contributed by atoms with Gasteiger partial charge in [0.2, 0.25) is 5.91 Å². The molecule has 1 saturated carbocycles. The fourth-order valence-corrected chi connectivity index (χ4v) is 5.06. The summed E-state index contributed by atoms with van der Waals surface area (Å²) in [5.74, 6) is -1.21. The molecule has 1 aliphatic rings. The van der Waals surface area contributed by atoms with Gasteiger partial charge in [0, 0.05) is 16.8 Å². The van der Waals surface area contributed by atoms with Gasteiger partial charge >= 0.3 is 0 Å². The van der Waals surface area contributed by atoms with E-state index in [1.54, 1.807) is 19.2 Å². The lowest BCUT2D eigenvalue weighted by Crippen LogP contribution is -2.53. The summed E-state index contributed by atoms with van der Waals surface area (Å²) in [6.45, 7) is -0.511. The Morgan fingerprint density at radius 3 is 2.59 bits per heavy atom. The zero-order chi connectivity index (χ0) is 26.8. The van der Waals surface area contributed by atoms with Crippen LogP contribution in [0.2, 0.25) is 0 Å². The van der Waals surface area contributed by atoms with Gasteiger partial charge in [-0.2, -0.15) is 0 Å². The van der Waals surface area contributed by atoms with Crippen LogP contribution in [-0.4, -0.2) is 66.3 Å². The summed E-state index contributed by atoms with van der Waals surface area (Å²) in [5.41, 5.74) is 6.57. The van der Waals surface area contributed by atoms with Crippen molar-refractivity contribution in [1.29, 1.82) is 0 Å². The van der Waals surface area contributed by atoms with Crippen molar-refractivity contribution in [1.82, 2.24) is 15.6 Å². The second kappa shape index (κ2) is 13.9. The number of hydrogen-bond donors (Lipinski definition) is 5. The standard InChI is InChI=1S/C27H38N4O6/c1-37-25-9-5-8-20-19(25)14-23(29-20)27(36)31-22(12-17-6-3-2-4-7-17)26(35)30-21(24(34)16-33)13-18(15-32)10-11-28/h5,8-9,14-15,17-18,21-22,29,33H,2-4,6-7,10-13,16,28H2,1H3,(H,30,35)(H,31,36)/t18-,21-,22-/m0/s1. The molecule has 6 N–H and O–H groups in total. The van der Waals surface area contributed by atoms with E-state index >= 15 is 0 Å². The highest BCUT2D eigenvalue weighted by molar-refractivity contribution is 6.02. The van der Waals surface area contributed by atoms with Crippen LogP contribution < -0.4 is 21.1 Å². The molecule has 0 bridgehead atoms. The van der Waals surface area contributed by atoms with Crippen LogP contribution in [0.4, 0.5) is 0 Å². The van der Waals surface area contributed by atoms with Gasteiger partial charge in [0.1, 0.15) is 30.4 Å². The lowest BCUT2D eigenvalue weighted by molar-refractivity contribution is -0.131. The second-order valence-corrected chi connectivity index (χ2v) is 9.77. The third-order valence-corrected chi connectivity index (χ3v) is 7.13. The SMILES string of the molecule is COc1cccc2[nH]c(C(=O)N[C@@H](CC3CCCCC3)C(=O)N[C@@H](C[C@@H](C=O)CCN)C(=O)CO)cc12. The quantitative estimate of drug-likeness (QED) is 0.240. The number of aromatic nitrogens is 1. The number of aliphatic hydroxyl groups excluding tert-OH is 1. The molecule has 2 aromatic rings. The van der Waals surface area contributed by atoms with Crippen LogP contribution in [0.5, 0.6) is 5.75 Å². The summed E-state index contributed by atoms with van der Waals surface area (Å²) in [6, 6.07) is 5.18. The average Bonchev–Trinajstić information content (AvgIpc) is 3.36. The Kier molecular flexibility index (Phi) is 10.6. The van der Waals surface area contributed by atoms with Crippen LogP contribution in [0.3, 0.4) is 0 Å². The molecule has 3 rings (SSSR count). The minimum atomic E-state index is -1.05. The van der Waals surface area contributed by atoms with E-state index in [0.29, 0.717) is 24.9 Å². The highest BCUT2D eigenvalue weighted by Gasteiger charge is 2.31. The number of carbonyl (C=O) groups excluding carboxylic acids is 4. The number of hydrogen-bond acceptors (Lipinski definition) is 7. The summed E-state index contributed by atoms with van der Waals surface area (Å²) in [4.78, 5) is 53.5. The maximum Gasteiger partial charge on any atom is 0.268 e. The van der Waals surface area contributed by atoms with Gasteiger partial charge in [-0.3, -0.25) is 14.4 Å². The summed E-state index contributed by atoms with van der Waals surface area (Å²) < 4.78 is 5.37. The molecule has 1 heterocycles. The van der Waals surface area contributed by atoms with Gasteiger partial charge in [-0.15, -0.1) is 0 Å². The number of carbonyl (C=O) groups is 4. The van der Waals surface area contributed by atoms with E-state index in [-0.39, 0.29) is 24.6 Å². The molecule has 1 fully saturated rings. The molecular weight excluding hydrogens is 476 g/mol. The topological polar surface area (TPSA) is 164 Å². The first-order valence-corrected chi connectivity index (χ1v) is 13.0. The number of Topliss-reactive ketones (excluding diaryl/α,β-unsaturated/α-hetero) is 1. The van der Waals surface area contributed by atoms with Crippen molar-refractivity contribution in [3.63, 3.8) is 0 Å². The van der Waals surface area contributed by atoms with E-state index < -0.39 is 42.2 Å². The summed E-state index contributed by atoms with van der Waals surface area (Å²) in [6.07, 6.45) is 6.76. The minimum absolute atomic E-state index is 0.0394. The predicted molar refractivity (Wildman–Crippen MR) is 139 cm³/mol. The van der Waals surface area contributed by atoms with E-state index in [1.807, 2.05) is 12.1 Å². The van der Waals surface area contributed by atoms with E-state index in [4.69, 9.17) is 10.5 Å². The first-order chi connectivity index (χ1) is 17.9. The monoisotopic (exact) mass is 514 g/mol. The normalized spacial score (nSPS) is 16.5. The molecule has 0 aliphatic heterocycles. The molecule has 0 radical (unpaired) electrons. The van der Waals surface area contributed by atoms with Gasteiger partial charge in [0.15, 0.2) is 5.78 Å². The highest BCUT2D eigenvalue weighted by Crippen LogP contribution is 2.28. The lowest BCUT2D eigenvalue weighted by Gasteiger charge is -2.28. The molecule has 10 nitrogen and oxygen atoms in total. The predicted octanol–water partition coefficient (Wildman–Crippen LogP) is 1.85. The van der Waals surface area contributed by atoms with Gasteiger partial charge in [-0.1, -0.05) is 38.2 Å². The van der Waals surface area contributed by atoms with Crippen molar-refractivity contribution < 1.29 is 29.0 Å². The minimum Gasteiger partial charge on any atom is -0.496 e. The van der Waals surface area contributed by atoms with E-state index in [9.17, 15) is 24.3 Å². The zero-order valence-electron chi connectivity index (χ0n) is 21.3. The number of nitrogens with two attached hydrogens (primary N) is 1. The number of aldehydes is 1. The maximum absolute atomic E-state index is 13.4. The Balaban J connectivity index is 1.80. The van der Waals surface area contributed by atoms with Crippen LogP contribution >= 0.6 is 0 Å². The van der Waals surface area contributed by atoms with E-state index in [0.717, 1.165) is 43.0 Å². The Morgan fingerprint density at radius 1 is 1.19 bits per heavy atom. The molecular formula is C27H38N4O6. The largest absolute Gasteiger partial charge is 0.496 e. The molecule has 10 heteroatoms. The Morgan fingerprint density at radius 2 is 1.95 bits per heavy atom. The smallest absolute Gasteiger partial charge is 0.268 e. The van der Waals surface area contributed by atoms with Gasteiger partial charge in [0.05, 0.1) is 13.2 Å². The van der Waals surface area contributed by atoms with Crippen LogP contribution in [0.25, 0.3) is 10.9 Å². The van der Waals surface area contributed by atoms with Gasteiger partial charge < -0.3 is 36.0 Å². The van der Waals surface area contributed by atoms with Crippen LogP contribution in [-0.2, 0) is 14.4 Å². The highest BCUT2D eigenvalue weighted by atomic mass is 16.5. The van der Waals surface area contributed by atoms with Crippen molar-refractivity contribution in [2.24, 2.45) is 17.6 Å². The molecule has 202 valence electrons. The first-order valence-electron chi connectivity index (χ1n) is 13.0. The third kappa shape index (κ3) is 7.62. The van der Waals surface area contributed by atoms with Gasteiger partial charge in [0.25, 0.3) is 5.91 Å². The molecule has 3 atom stereocenters. The van der Waals surface area contributed by atoms with Gasteiger partial charge in [-0.25, -0.2) is 0 Å². The third-order valence-electron chi connectivity index (χ3n) is 7.13. The van der Waals surface area contributed by atoms with E-state index in [1.165, 1.54) is 0 Å². The van der Waals surface area contributed by atoms with Crippen molar-refractivity contribution in [2.75, 3.05) is 20.3 Å². The number of amides is 2. The summed E-state index contributed by atoms with van der Waals surface area (Å²) in [5, 5.41) is 15.7. The fourth-order valence-electron chi connectivity index (χ4n) is 5.06. The molecule has 1 aromatic heterocycles. The number of aliphatic hydroxyl groups is 1. The number of benzene rings is 1. The maximum atomic E-state index is 13.4. The van der Waals surface area contributed by atoms with E-state index in [2.05, 4.69) is 15.6 Å². The van der Waals surface area contributed by atoms with Crippen LogP contribution in [0, 0.1) is 11.8 Å². The van der Waals surface area contributed by atoms with Crippen LogP contribution in [0.15, 0.2) is 24.3 Å². The van der Waals surface area contributed by atoms with Crippen molar-refractivity contribution in [3.05, 3.63) is 30.0 Å². The molecule has 1 aromatic carbocycles. The molecule has 37 heavy (non-hydrogen) atoms. The summed E-state index contributed by atoms with van der Waals surface area (Å²) >= 11 is 0. The number of aromatic amines is 1. The zero-order valence-corrected chi connectivity index (χ0v) is 21.3. The number of rotatable bonds is 14. The van der Waals surface area contributed by atoms with Crippen molar-refractivity contribution >= 4 is 34.8 Å². The first kappa shape index (κ1) is 28.3. The van der Waals surface area contributed by atoms with Crippen molar-refractivity contribution in [3.8, 4) is 5.75 Å². The second-order valence-electron chi connectivity index (χ2n) is 9.77. The Labute approximate surface area is 216 Å². The molecule has 1 aliphatic carbocycles.